The number of nitrogens with zero attached hydrogens (tertiary/aromatic N) is 1. The molecule has 0 amide bonds. The van der Waals surface area contributed by atoms with Gasteiger partial charge >= 0.3 is 6.18 Å². The topological polar surface area (TPSA) is 58.6 Å². The molecule has 23 heavy (non-hydrogen) atoms. The van der Waals surface area contributed by atoms with Gasteiger partial charge in [-0.25, -0.2) is 8.78 Å². The van der Waals surface area contributed by atoms with E-state index in [-0.39, 0.29) is 26.3 Å². The molecule has 1 N–H and O–H groups in total. The average Bonchev–Trinajstić information content (AvgIpc) is 2.48. The molecule has 0 bridgehead atoms. The predicted molar refractivity (Wildman–Crippen MR) is 69.6 cm³/mol. The molecule has 0 unspecified atom stereocenters. The van der Waals surface area contributed by atoms with Crippen molar-refractivity contribution in [1.29, 1.82) is 0 Å². The third-order valence-corrected chi connectivity index (χ3v) is 4.76. The molecule has 2 rings (SSSR count). The highest BCUT2D eigenvalue weighted by molar-refractivity contribution is 7.87. The lowest BCUT2D eigenvalue weighted by Crippen LogP contribution is -2.49. The highest BCUT2D eigenvalue weighted by Crippen LogP contribution is 2.34. The van der Waals surface area contributed by atoms with Crippen LogP contribution >= 0.6 is 0 Å². The molecule has 1 heterocycles. The first-order chi connectivity index (χ1) is 10.6. The third kappa shape index (κ3) is 4.37. The molecule has 0 aromatic heterocycles. The highest BCUT2D eigenvalue weighted by atomic mass is 32.2. The van der Waals surface area contributed by atoms with Crippen LogP contribution in [-0.4, -0.2) is 45.2 Å². The number of halogens is 5. The van der Waals surface area contributed by atoms with E-state index in [1.807, 2.05) is 0 Å². The van der Waals surface area contributed by atoms with E-state index >= 15 is 0 Å². The molecule has 0 aliphatic carbocycles. The van der Waals surface area contributed by atoms with Crippen molar-refractivity contribution in [2.75, 3.05) is 26.3 Å². The second kappa shape index (κ2) is 6.67. The first kappa shape index (κ1) is 18.0. The molecular weight excluding hydrogens is 347 g/mol. The van der Waals surface area contributed by atoms with E-state index in [1.165, 1.54) is 4.72 Å². The molecule has 1 atom stereocenters. The molecule has 0 radical (unpaired) electrons. The summed E-state index contributed by atoms with van der Waals surface area (Å²) in [5.41, 5.74) is -0.742. The summed E-state index contributed by atoms with van der Waals surface area (Å²) in [6, 6.07) is -1.19. The minimum absolute atomic E-state index is 0.0583. The number of morpholine rings is 1. The quantitative estimate of drug-likeness (QED) is 0.832. The number of nitrogens with one attached hydrogen (secondary N) is 1. The zero-order valence-electron chi connectivity index (χ0n) is 11.6. The first-order valence-corrected chi connectivity index (χ1v) is 7.92. The fourth-order valence-electron chi connectivity index (χ4n) is 2.03. The summed E-state index contributed by atoms with van der Waals surface area (Å²) in [6.07, 6.45) is -5.02. The number of hydrogen-bond donors (Lipinski definition) is 1. The van der Waals surface area contributed by atoms with E-state index < -0.39 is 39.6 Å². The van der Waals surface area contributed by atoms with E-state index in [4.69, 9.17) is 4.74 Å². The third-order valence-electron chi connectivity index (χ3n) is 3.18. The van der Waals surface area contributed by atoms with E-state index in [2.05, 4.69) is 0 Å². The van der Waals surface area contributed by atoms with E-state index in [1.54, 1.807) is 0 Å². The second-order valence-corrected chi connectivity index (χ2v) is 6.48. The Morgan fingerprint density at radius 3 is 2.26 bits per heavy atom. The minimum atomic E-state index is -5.02. The van der Waals surface area contributed by atoms with Gasteiger partial charge in [0.25, 0.3) is 10.2 Å². The van der Waals surface area contributed by atoms with Gasteiger partial charge in [-0.15, -0.1) is 0 Å². The van der Waals surface area contributed by atoms with Crippen LogP contribution in [0.2, 0.25) is 0 Å². The normalized spacial score (nSPS) is 18.8. The molecular formula is C12H13F5N2O3S. The van der Waals surface area contributed by atoms with Crippen LogP contribution in [0.25, 0.3) is 0 Å². The Kier molecular flexibility index (Phi) is 5.23. The summed E-state index contributed by atoms with van der Waals surface area (Å²) in [7, 11) is -4.47. The molecule has 1 aliphatic heterocycles. The molecule has 1 aliphatic rings. The molecule has 11 heteroatoms. The molecule has 130 valence electrons. The maximum Gasteiger partial charge on any atom is 0.408 e. The van der Waals surface area contributed by atoms with Gasteiger partial charge in [-0.2, -0.15) is 30.6 Å². The van der Waals surface area contributed by atoms with Crippen LogP contribution < -0.4 is 4.72 Å². The van der Waals surface area contributed by atoms with Crippen molar-refractivity contribution in [1.82, 2.24) is 9.03 Å². The molecule has 1 aromatic carbocycles. The van der Waals surface area contributed by atoms with Crippen LogP contribution in [0.15, 0.2) is 18.2 Å². The summed E-state index contributed by atoms with van der Waals surface area (Å²) < 4.78 is 96.8. The SMILES string of the molecule is O=S(=O)(N[C@H](c1ccc(F)c(F)c1)C(F)(F)F)N1CCOCC1. The van der Waals surface area contributed by atoms with Gasteiger partial charge < -0.3 is 4.74 Å². The largest absolute Gasteiger partial charge is 0.408 e. The van der Waals surface area contributed by atoms with E-state index in [0.29, 0.717) is 18.2 Å². The standard InChI is InChI=1S/C12H13F5N2O3S/c13-9-2-1-8(7-10(9)14)11(12(15,16)17)18-23(20,21)19-3-5-22-6-4-19/h1-2,7,11,18H,3-6H2/t11-/m1/s1. The smallest absolute Gasteiger partial charge is 0.379 e. The number of benzene rings is 1. The Morgan fingerprint density at radius 2 is 1.74 bits per heavy atom. The van der Waals surface area contributed by atoms with Gasteiger partial charge in [0.1, 0.15) is 6.04 Å². The van der Waals surface area contributed by atoms with Crippen LogP contribution in [0.1, 0.15) is 11.6 Å². The summed E-state index contributed by atoms with van der Waals surface area (Å²) in [4.78, 5) is 0. The van der Waals surface area contributed by atoms with Gasteiger partial charge in [0.2, 0.25) is 0 Å². The Labute approximate surface area is 129 Å². The zero-order chi connectivity index (χ0) is 17.3. The van der Waals surface area contributed by atoms with Gasteiger partial charge in [-0.05, 0) is 17.7 Å². The number of hydrogen-bond acceptors (Lipinski definition) is 3. The lowest BCUT2D eigenvalue weighted by molar-refractivity contribution is -0.153. The zero-order valence-corrected chi connectivity index (χ0v) is 12.4. The lowest BCUT2D eigenvalue weighted by Gasteiger charge is -2.29. The van der Waals surface area contributed by atoms with Gasteiger partial charge in [0.05, 0.1) is 13.2 Å². The molecule has 1 fully saturated rings. The molecule has 0 spiro atoms. The molecule has 0 saturated carbocycles. The first-order valence-electron chi connectivity index (χ1n) is 6.48. The van der Waals surface area contributed by atoms with Crippen molar-refractivity contribution < 1.29 is 35.1 Å². The predicted octanol–water partition coefficient (Wildman–Crippen LogP) is 1.73. The summed E-state index contributed by atoms with van der Waals surface area (Å²) >= 11 is 0. The van der Waals surface area contributed by atoms with Crippen LogP contribution in [0.3, 0.4) is 0 Å². The molecule has 5 nitrogen and oxygen atoms in total. The average molecular weight is 360 g/mol. The second-order valence-electron chi connectivity index (χ2n) is 4.78. The fourth-order valence-corrected chi connectivity index (χ4v) is 3.37. The lowest BCUT2D eigenvalue weighted by atomic mass is 10.1. The monoisotopic (exact) mass is 360 g/mol. The maximum atomic E-state index is 13.2. The van der Waals surface area contributed by atoms with Crippen molar-refractivity contribution in [2.24, 2.45) is 0 Å². The Morgan fingerprint density at radius 1 is 1.13 bits per heavy atom. The van der Waals surface area contributed by atoms with E-state index in [9.17, 15) is 30.4 Å². The number of alkyl halides is 3. The summed E-state index contributed by atoms with van der Waals surface area (Å²) in [5.74, 6) is -2.83. The van der Waals surface area contributed by atoms with Crippen LogP contribution in [-0.2, 0) is 14.9 Å². The van der Waals surface area contributed by atoms with Gasteiger partial charge in [0.15, 0.2) is 11.6 Å². The Balaban J connectivity index is 2.30. The highest BCUT2D eigenvalue weighted by Gasteiger charge is 2.44. The molecule has 1 saturated heterocycles. The Bertz CT molecular complexity index is 659. The van der Waals surface area contributed by atoms with Gasteiger partial charge in [-0.3, -0.25) is 0 Å². The van der Waals surface area contributed by atoms with Gasteiger partial charge in [-0.1, -0.05) is 6.07 Å². The van der Waals surface area contributed by atoms with Crippen molar-refractivity contribution in [2.45, 2.75) is 12.2 Å². The minimum Gasteiger partial charge on any atom is -0.379 e. The number of rotatable bonds is 4. The summed E-state index contributed by atoms with van der Waals surface area (Å²) in [6.45, 7) is -0.0824. The van der Waals surface area contributed by atoms with Crippen LogP contribution in [0.5, 0.6) is 0 Å². The van der Waals surface area contributed by atoms with Crippen LogP contribution in [0, 0.1) is 11.6 Å². The van der Waals surface area contributed by atoms with Crippen molar-refractivity contribution in [3.8, 4) is 0 Å². The summed E-state index contributed by atoms with van der Waals surface area (Å²) in [5, 5.41) is 0. The molecule has 1 aromatic rings. The van der Waals surface area contributed by atoms with Crippen molar-refractivity contribution in [3.05, 3.63) is 35.4 Å². The Hall–Kier alpha value is -1.30. The van der Waals surface area contributed by atoms with E-state index in [0.717, 1.165) is 4.31 Å². The number of ether oxygens (including phenoxy) is 1. The van der Waals surface area contributed by atoms with Crippen LogP contribution in [0.4, 0.5) is 22.0 Å². The maximum absolute atomic E-state index is 13.2. The van der Waals surface area contributed by atoms with Crippen molar-refractivity contribution in [3.63, 3.8) is 0 Å². The van der Waals surface area contributed by atoms with Crippen molar-refractivity contribution >= 4 is 10.2 Å². The van der Waals surface area contributed by atoms with Gasteiger partial charge in [0, 0.05) is 13.1 Å². The fraction of sp³-hybridized carbons (Fsp3) is 0.500.